The molecule has 0 radical (unpaired) electrons. The highest BCUT2D eigenvalue weighted by molar-refractivity contribution is 5.74. The zero-order chi connectivity index (χ0) is 20.1. The van der Waals surface area contributed by atoms with Gasteiger partial charge in [-0.25, -0.2) is 9.78 Å². The van der Waals surface area contributed by atoms with Crippen molar-refractivity contribution in [3.8, 4) is 0 Å². The molecule has 1 saturated heterocycles. The van der Waals surface area contributed by atoms with Gasteiger partial charge in [0.1, 0.15) is 5.82 Å². The first-order valence-electron chi connectivity index (χ1n) is 10.2. The number of imidazole rings is 1. The monoisotopic (exact) mass is 384 g/mol. The summed E-state index contributed by atoms with van der Waals surface area (Å²) >= 11 is 0. The summed E-state index contributed by atoms with van der Waals surface area (Å²) in [6.07, 6.45) is 6.00. The molecule has 1 N–H and O–H groups in total. The van der Waals surface area contributed by atoms with Gasteiger partial charge in [0.15, 0.2) is 0 Å². The minimum Gasteiger partial charge on any atom is -0.376 e. The number of urea groups is 1. The molecule has 1 aromatic heterocycles. The quantitative estimate of drug-likeness (QED) is 0.794. The van der Waals surface area contributed by atoms with E-state index in [1.165, 1.54) is 22.3 Å². The summed E-state index contributed by atoms with van der Waals surface area (Å²) in [5, 5.41) is 2.92. The summed E-state index contributed by atoms with van der Waals surface area (Å²) in [6.45, 7) is 11.6. The molecule has 2 aromatic rings. The maximum absolute atomic E-state index is 12.6. The summed E-state index contributed by atoms with van der Waals surface area (Å²) in [4.78, 5) is 19.0. The second-order valence-corrected chi connectivity index (χ2v) is 7.70. The van der Waals surface area contributed by atoms with Gasteiger partial charge in [0.25, 0.3) is 0 Å². The summed E-state index contributed by atoms with van der Waals surface area (Å²) in [5.41, 5.74) is 5.17. The molecular formula is C22H32N4O2. The molecule has 2 amide bonds. The van der Waals surface area contributed by atoms with Gasteiger partial charge in [0.05, 0.1) is 12.6 Å². The Kier molecular flexibility index (Phi) is 6.73. The van der Waals surface area contributed by atoms with E-state index in [4.69, 9.17) is 4.74 Å². The number of amides is 2. The molecule has 0 aliphatic carbocycles. The molecule has 1 atom stereocenters. The van der Waals surface area contributed by atoms with E-state index in [1.807, 2.05) is 24.2 Å². The van der Waals surface area contributed by atoms with Crippen molar-refractivity contribution in [2.45, 2.75) is 59.7 Å². The standard InChI is InChI=1S/C22H32N4O2/c1-5-23-22(27)26(13-19-7-6-10-28-19)15-21-24-8-9-25(21)14-20-17(3)11-16(2)12-18(20)4/h8-9,11-12,19H,5-7,10,13-15H2,1-4H3,(H,23,27). The van der Waals surface area contributed by atoms with E-state index in [-0.39, 0.29) is 12.1 Å². The average Bonchev–Trinajstić information content (AvgIpc) is 3.30. The van der Waals surface area contributed by atoms with E-state index in [1.54, 1.807) is 0 Å². The Morgan fingerprint density at radius 2 is 2.07 bits per heavy atom. The Bertz CT molecular complexity index is 786. The van der Waals surface area contributed by atoms with Gasteiger partial charge in [0.2, 0.25) is 0 Å². The number of carbonyl (C=O) groups is 1. The average molecular weight is 385 g/mol. The Morgan fingerprint density at radius 3 is 2.71 bits per heavy atom. The van der Waals surface area contributed by atoms with Crippen LogP contribution in [0.4, 0.5) is 4.79 Å². The smallest absolute Gasteiger partial charge is 0.317 e. The lowest BCUT2D eigenvalue weighted by atomic mass is 10.00. The molecule has 1 unspecified atom stereocenters. The number of nitrogens with one attached hydrogen (secondary N) is 1. The summed E-state index contributed by atoms with van der Waals surface area (Å²) < 4.78 is 7.90. The van der Waals surface area contributed by atoms with Gasteiger partial charge in [-0.2, -0.15) is 0 Å². The molecule has 1 aliphatic heterocycles. The third kappa shape index (κ3) is 4.93. The number of benzene rings is 1. The first-order valence-corrected chi connectivity index (χ1v) is 10.2. The topological polar surface area (TPSA) is 59.4 Å². The van der Waals surface area contributed by atoms with Crippen LogP contribution in [0.15, 0.2) is 24.5 Å². The Hall–Kier alpha value is -2.34. The fourth-order valence-electron chi connectivity index (χ4n) is 3.95. The number of hydrogen-bond donors (Lipinski definition) is 1. The Balaban J connectivity index is 1.77. The zero-order valence-electron chi connectivity index (χ0n) is 17.5. The lowest BCUT2D eigenvalue weighted by Gasteiger charge is -2.25. The molecule has 28 heavy (non-hydrogen) atoms. The maximum atomic E-state index is 12.6. The van der Waals surface area contributed by atoms with E-state index in [0.717, 1.165) is 31.8 Å². The highest BCUT2D eigenvalue weighted by atomic mass is 16.5. The van der Waals surface area contributed by atoms with E-state index in [9.17, 15) is 4.79 Å². The van der Waals surface area contributed by atoms with Crippen LogP contribution in [-0.4, -0.2) is 46.3 Å². The number of ether oxygens (including phenoxy) is 1. The second kappa shape index (κ2) is 9.24. The van der Waals surface area contributed by atoms with Gasteiger partial charge >= 0.3 is 6.03 Å². The molecule has 0 saturated carbocycles. The number of aromatic nitrogens is 2. The molecule has 2 heterocycles. The molecule has 0 bridgehead atoms. The molecule has 0 spiro atoms. The predicted octanol–water partition coefficient (Wildman–Crippen LogP) is 3.57. The molecule has 3 rings (SSSR count). The normalized spacial score (nSPS) is 16.4. The minimum absolute atomic E-state index is 0.0600. The molecular weight excluding hydrogens is 352 g/mol. The first kappa shape index (κ1) is 20.4. The maximum Gasteiger partial charge on any atom is 0.317 e. The zero-order valence-corrected chi connectivity index (χ0v) is 17.5. The van der Waals surface area contributed by atoms with Gasteiger partial charge in [-0.1, -0.05) is 17.7 Å². The van der Waals surface area contributed by atoms with Crippen molar-refractivity contribution in [2.75, 3.05) is 19.7 Å². The number of rotatable bonds is 7. The molecule has 152 valence electrons. The number of hydrogen-bond acceptors (Lipinski definition) is 3. The van der Waals surface area contributed by atoms with Crippen molar-refractivity contribution >= 4 is 6.03 Å². The van der Waals surface area contributed by atoms with Gasteiger partial charge in [-0.15, -0.1) is 0 Å². The number of carbonyl (C=O) groups excluding carboxylic acids is 1. The van der Waals surface area contributed by atoms with Crippen LogP contribution in [0.5, 0.6) is 0 Å². The van der Waals surface area contributed by atoms with Crippen molar-refractivity contribution in [3.63, 3.8) is 0 Å². The molecule has 6 heteroatoms. The van der Waals surface area contributed by atoms with E-state index in [2.05, 4.69) is 47.8 Å². The molecule has 1 aromatic carbocycles. The summed E-state index contributed by atoms with van der Waals surface area (Å²) in [5.74, 6) is 0.892. The van der Waals surface area contributed by atoms with Crippen LogP contribution in [0.1, 0.15) is 47.8 Å². The number of nitrogens with zero attached hydrogens (tertiary/aromatic N) is 3. The van der Waals surface area contributed by atoms with Crippen molar-refractivity contribution in [3.05, 3.63) is 52.6 Å². The third-order valence-corrected chi connectivity index (χ3v) is 5.37. The van der Waals surface area contributed by atoms with Crippen molar-refractivity contribution in [1.82, 2.24) is 19.8 Å². The van der Waals surface area contributed by atoms with Gasteiger partial charge < -0.3 is 19.5 Å². The molecule has 1 aliphatic rings. The van der Waals surface area contributed by atoms with Crippen LogP contribution in [-0.2, 0) is 17.8 Å². The largest absolute Gasteiger partial charge is 0.376 e. The van der Waals surface area contributed by atoms with Crippen LogP contribution in [0.2, 0.25) is 0 Å². The van der Waals surface area contributed by atoms with Gasteiger partial charge in [-0.3, -0.25) is 0 Å². The van der Waals surface area contributed by atoms with Crippen LogP contribution < -0.4 is 5.32 Å². The lowest BCUT2D eigenvalue weighted by Crippen LogP contribution is -2.43. The fraction of sp³-hybridized carbons (Fsp3) is 0.545. The predicted molar refractivity (Wildman–Crippen MR) is 110 cm³/mol. The van der Waals surface area contributed by atoms with Crippen molar-refractivity contribution < 1.29 is 9.53 Å². The van der Waals surface area contributed by atoms with Crippen LogP contribution in [0, 0.1) is 20.8 Å². The summed E-state index contributed by atoms with van der Waals surface area (Å²) in [7, 11) is 0. The molecule has 1 fully saturated rings. The Morgan fingerprint density at radius 1 is 1.32 bits per heavy atom. The summed E-state index contributed by atoms with van der Waals surface area (Å²) in [6, 6.07) is 4.38. The van der Waals surface area contributed by atoms with E-state index >= 15 is 0 Å². The van der Waals surface area contributed by atoms with Crippen LogP contribution in [0.25, 0.3) is 0 Å². The Labute approximate surface area is 167 Å². The minimum atomic E-state index is -0.0600. The second-order valence-electron chi connectivity index (χ2n) is 7.70. The van der Waals surface area contributed by atoms with Crippen molar-refractivity contribution in [1.29, 1.82) is 0 Å². The van der Waals surface area contributed by atoms with Crippen molar-refractivity contribution in [2.24, 2.45) is 0 Å². The van der Waals surface area contributed by atoms with Gasteiger partial charge in [0, 0.05) is 38.6 Å². The number of aryl methyl sites for hydroxylation is 3. The molecule has 6 nitrogen and oxygen atoms in total. The third-order valence-electron chi connectivity index (χ3n) is 5.37. The van der Waals surface area contributed by atoms with Crippen LogP contribution in [0.3, 0.4) is 0 Å². The van der Waals surface area contributed by atoms with E-state index < -0.39 is 0 Å². The highest BCUT2D eigenvalue weighted by Crippen LogP contribution is 2.19. The fourth-order valence-corrected chi connectivity index (χ4v) is 3.95. The SMILES string of the molecule is CCNC(=O)N(Cc1nccn1Cc1c(C)cc(C)cc1C)CC1CCCO1. The highest BCUT2D eigenvalue weighted by Gasteiger charge is 2.24. The van der Waals surface area contributed by atoms with Crippen LogP contribution >= 0.6 is 0 Å². The first-order chi connectivity index (χ1) is 13.5. The van der Waals surface area contributed by atoms with E-state index in [0.29, 0.717) is 19.6 Å². The van der Waals surface area contributed by atoms with Gasteiger partial charge in [-0.05, 0) is 57.2 Å². The lowest BCUT2D eigenvalue weighted by molar-refractivity contribution is 0.0787.